The molecule has 1 atom stereocenters. The van der Waals surface area contributed by atoms with E-state index >= 15 is 0 Å². The molecule has 24 heavy (non-hydrogen) atoms. The molecule has 6 nitrogen and oxygen atoms in total. The number of carbonyl (C=O) groups excluding carboxylic acids is 2. The van der Waals surface area contributed by atoms with Crippen LogP contribution in [0.3, 0.4) is 0 Å². The van der Waals surface area contributed by atoms with Crippen LogP contribution in [0.4, 0.5) is 8.78 Å². The van der Waals surface area contributed by atoms with Gasteiger partial charge in [0.25, 0.3) is 11.7 Å². The standard InChI is InChI=1S/C15H21F2N3O3S/c1-5-18-13(22)10(4)23-12(21)7-6-11-8(2)19-15(20-9(11)3)24-14(16)17/h10,14H,5-7H2,1-4H3,(H,18,22)/t10-/m0/s1. The number of alkyl halides is 2. The maximum Gasteiger partial charge on any atom is 0.306 e. The first kappa shape index (κ1) is 20.3. The van der Waals surface area contributed by atoms with Crippen LogP contribution in [0.25, 0.3) is 0 Å². The summed E-state index contributed by atoms with van der Waals surface area (Å²) in [6.45, 7) is 7.09. The Morgan fingerprint density at radius 1 is 1.25 bits per heavy atom. The van der Waals surface area contributed by atoms with Gasteiger partial charge >= 0.3 is 5.97 Å². The molecule has 0 saturated carbocycles. The second-order valence-electron chi connectivity index (χ2n) is 5.06. The second-order valence-corrected chi connectivity index (χ2v) is 6.02. The van der Waals surface area contributed by atoms with Crippen LogP contribution in [0.2, 0.25) is 0 Å². The fourth-order valence-electron chi connectivity index (χ4n) is 2.06. The quantitative estimate of drug-likeness (QED) is 0.435. The minimum absolute atomic E-state index is 0.0104. The Bertz CT molecular complexity index is 576. The highest BCUT2D eigenvalue weighted by Gasteiger charge is 2.18. The molecule has 1 amide bonds. The minimum atomic E-state index is -2.58. The van der Waals surface area contributed by atoms with Gasteiger partial charge in [-0.3, -0.25) is 9.59 Å². The number of aryl methyl sites for hydroxylation is 2. The van der Waals surface area contributed by atoms with Crippen molar-refractivity contribution in [2.75, 3.05) is 6.54 Å². The van der Waals surface area contributed by atoms with Crippen molar-refractivity contribution in [3.63, 3.8) is 0 Å². The summed E-state index contributed by atoms with van der Waals surface area (Å²) in [5.41, 5.74) is 1.82. The molecule has 0 aromatic carbocycles. The number of aromatic nitrogens is 2. The topological polar surface area (TPSA) is 81.2 Å². The van der Waals surface area contributed by atoms with Crippen molar-refractivity contribution in [2.24, 2.45) is 0 Å². The zero-order valence-corrected chi connectivity index (χ0v) is 14.9. The van der Waals surface area contributed by atoms with Crippen molar-refractivity contribution in [3.05, 3.63) is 17.0 Å². The number of nitrogens with one attached hydrogen (secondary N) is 1. The van der Waals surface area contributed by atoms with E-state index in [0.717, 1.165) is 5.56 Å². The zero-order valence-electron chi connectivity index (χ0n) is 14.1. The van der Waals surface area contributed by atoms with E-state index < -0.39 is 17.8 Å². The van der Waals surface area contributed by atoms with Crippen LogP contribution >= 0.6 is 11.8 Å². The predicted octanol–water partition coefficient (Wildman–Crippen LogP) is 2.41. The number of hydrogen-bond acceptors (Lipinski definition) is 6. The fourth-order valence-corrected chi connectivity index (χ4v) is 2.60. The number of carbonyl (C=O) groups is 2. The Balaban J connectivity index is 2.64. The molecule has 9 heteroatoms. The van der Waals surface area contributed by atoms with Crippen molar-refractivity contribution in [1.82, 2.24) is 15.3 Å². The second kappa shape index (κ2) is 9.51. The third kappa shape index (κ3) is 6.38. The Morgan fingerprint density at radius 3 is 2.33 bits per heavy atom. The van der Waals surface area contributed by atoms with Gasteiger partial charge in [0, 0.05) is 24.4 Å². The molecule has 0 fully saturated rings. The molecule has 0 aliphatic heterocycles. The number of ether oxygens (including phenoxy) is 1. The van der Waals surface area contributed by atoms with Gasteiger partial charge in [-0.05, 0) is 51.4 Å². The van der Waals surface area contributed by atoms with Gasteiger partial charge in [0.2, 0.25) is 0 Å². The molecule has 1 aromatic rings. The number of amides is 1. The van der Waals surface area contributed by atoms with E-state index in [9.17, 15) is 18.4 Å². The van der Waals surface area contributed by atoms with Gasteiger partial charge in [-0.2, -0.15) is 8.78 Å². The first-order chi connectivity index (χ1) is 11.2. The van der Waals surface area contributed by atoms with E-state index in [1.54, 1.807) is 20.8 Å². The molecule has 0 saturated heterocycles. The third-order valence-corrected chi connectivity index (χ3v) is 3.77. The zero-order chi connectivity index (χ0) is 18.3. The normalized spacial score (nSPS) is 12.1. The van der Waals surface area contributed by atoms with Gasteiger partial charge in [0.15, 0.2) is 11.3 Å². The van der Waals surface area contributed by atoms with E-state index in [4.69, 9.17) is 4.74 Å². The van der Waals surface area contributed by atoms with E-state index in [1.165, 1.54) is 6.92 Å². The largest absolute Gasteiger partial charge is 0.453 e. The van der Waals surface area contributed by atoms with E-state index in [2.05, 4.69) is 15.3 Å². The van der Waals surface area contributed by atoms with Gasteiger partial charge in [0.1, 0.15) is 0 Å². The summed E-state index contributed by atoms with van der Waals surface area (Å²) in [6.07, 6.45) is -0.491. The van der Waals surface area contributed by atoms with Gasteiger partial charge in [0.05, 0.1) is 0 Å². The minimum Gasteiger partial charge on any atom is -0.453 e. The molecule has 0 bridgehead atoms. The van der Waals surface area contributed by atoms with Crippen molar-refractivity contribution < 1.29 is 23.1 Å². The smallest absolute Gasteiger partial charge is 0.306 e. The molecule has 0 spiro atoms. The third-order valence-electron chi connectivity index (χ3n) is 3.20. The summed E-state index contributed by atoms with van der Waals surface area (Å²) in [6, 6.07) is 0. The van der Waals surface area contributed by atoms with Gasteiger partial charge in [-0.25, -0.2) is 9.97 Å². The average molecular weight is 361 g/mol. The summed E-state index contributed by atoms with van der Waals surface area (Å²) in [4.78, 5) is 31.4. The Morgan fingerprint density at radius 2 is 1.83 bits per heavy atom. The molecule has 1 heterocycles. The Hall–Kier alpha value is -1.77. The number of likely N-dealkylation sites (N-methyl/N-ethyl adjacent to an activating group) is 1. The lowest BCUT2D eigenvalue weighted by Crippen LogP contribution is -2.35. The SMILES string of the molecule is CCNC(=O)[C@H](C)OC(=O)CCc1c(C)nc(SC(F)F)nc1C. The van der Waals surface area contributed by atoms with Crippen molar-refractivity contribution >= 4 is 23.6 Å². The summed E-state index contributed by atoms with van der Waals surface area (Å²) in [7, 11) is 0. The Kier molecular flexibility index (Phi) is 8.03. The predicted molar refractivity (Wildman–Crippen MR) is 85.9 cm³/mol. The van der Waals surface area contributed by atoms with E-state index in [-0.39, 0.29) is 29.2 Å². The first-order valence-corrected chi connectivity index (χ1v) is 8.38. The molecule has 0 radical (unpaired) electrons. The molecule has 134 valence electrons. The van der Waals surface area contributed by atoms with E-state index in [0.29, 0.717) is 24.4 Å². The van der Waals surface area contributed by atoms with Crippen LogP contribution in [0, 0.1) is 13.8 Å². The summed E-state index contributed by atoms with van der Waals surface area (Å²) in [5.74, 6) is -3.45. The lowest BCUT2D eigenvalue weighted by Gasteiger charge is -2.13. The summed E-state index contributed by atoms with van der Waals surface area (Å²) >= 11 is 0.284. The number of thioether (sulfide) groups is 1. The molecular formula is C15H21F2N3O3S. The molecule has 0 aliphatic rings. The monoisotopic (exact) mass is 361 g/mol. The summed E-state index contributed by atoms with van der Waals surface area (Å²) < 4.78 is 29.8. The van der Waals surface area contributed by atoms with E-state index in [1.807, 2.05) is 0 Å². The number of hydrogen-bond donors (Lipinski definition) is 1. The molecule has 1 rings (SSSR count). The van der Waals surface area contributed by atoms with Crippen molar-refractivity contribution in [1.29, 1.82) is 0 Å². The maximum atomic E-state index is 12.4. The molecule has 0 aliphatic carbocycles. The number of halogens is 2. The van der Waals surface area contributed by atoms with Gasteiger partial charge in [-0.15, -0.1) is 0 Å². The van der Waals surface area contributed by atoms with Gasteiger partial charge < -0.3 is 10.1 Å². The van der Waals surface area contributed by atoms with Crippen LogP contribution in [0.15, 0.2) is 5.16 Å². The van der Waals surface area contributed by atoms with Crippen LogP contribution < -0.4 is 5.32 Å². The molecule has 1 aromatic heterocycles. The highest BCUT2D eigenvalue weighted by atomic mass is 32.2. The van der Waals surface area contributed by atoms with Crippen LogP contribution in [-0.4, -0.2) is 40.3 Å². The Labute approximate surface area is 143 Å². The number of rotatable bonds is 8. The van der Waals surface area contributed by atoms with Crippen molar-refractivity contribution in [3.8, 4) is 0 Å². The first-order valence-electron chi connectivity index (χ1n) is 7.50. The van der Waals surface area contributed by atoms with Crippen molar-refractivity contribution in [2.45, 2.75) is 57.6 Å². The van der Waals surface area contributed by atoms with Crippen LogP contribution in [0.1, 0.15) is 37.2 Å². The van der Waals surface area contributed by atoms with Gasteiger partial charge in [-0.1, -0.05) is 0 Å². The lowest BCUT2D eigenvalue weighted by molar-refractivity contribution is -0.154. The summed E-state index contributed by atoms with van der Waals surface area (Å²) in [5, 5.41) is 2.58. The molecular weight excluding hydrogens is 340 g/mol. The number of nitrogens with zero attached hydrogens (tertiary/aromatic N) is 2. The number of esters is 1. The molecule has 0 unspecified atom stereocenters. The maximum absolute atomic E-state index is 12.4. The average Bonchev–Trinajstić information content (AvgIpc) is 2.45. The highest BCUT2D eigenvalue weighted by Crippen LogP contribution is 2.24. The van der Waals surface area contributed by atoms with Crippen LogP contribution in [0.5, 0.6) is 0 Å². The highest BCUT2D eigenvalue weighted by molar-refractivity contribution is 7.99. The molecule has 1 N–H and O–H groups in total. The lowest BCUT2D eigenvalue weighted by atomic mass is 10.1. The fraction of sp³-hybridized carbons (Fsp3) is 0.600. The van der Waals surface area contributed by atoms with Crippen LogP contribution in [-0.2, 0) is 20.7 Å².